The summed E-state index contributed by atoms with van der Waals surface area (Å²) in [5.41, 5.74) is 12.6. The minimum Gasteiger partial charge on any atom is -0.277 e. The van der Waals surface area contributed by atoms with Crippen molar-refractivity contribution in [2.45, 2.75) is 33.6 Å². The van der Waals surface area contributed by atoms with Crippen LogP contribution in [0.4, 0.5) is 0 Å². The molecule has 3 nitrogen and oxygen atoms in total. The molecule has 0 radical (unpaired) electrons. The SMILES string of the molecule is Cc1cc(-c2cc3c4cc5ccccc5cc4n4c3c(c2)n2c3ccccc3nc24)cc(C)c1C(C)C. The van der Waals surface area contributed by atoms with Crippen LogP contribution < -0.4 is 0 Å². The summed E-state index contributed by atoms with van der Waals surface area (Å²) in [6.07, 6.45) is 0. The molecule has 0 spiro atoms. The van der Waals surface area contributed by atoms with Crippen LogP contribution in [0.5, 0.6) is 0 Å². The van der Waals surface area contributed by atoms with Gasteiger partial charge in [0.1, 0.15) is 0 Å². The van der Waals surface area contributed by atoms with Gasteiger partial charge in [0.2, 0.25) is 5.78 Å². The van der Waals surface area contributed by atoms with Gasteiger partial charge in [-0.05, 0) is 94.8 Å². The molecule has 0 aliphatic heterocycles. The number of hydrogen-bond acceptors (Lipinski definition) is 1. The lowest BCUT2D eigenvalue weighted by Gasteiger charge is -2.16. The first kappa shape index (κ1) is 20.8. The van der Waals surface area contributed by atoms with E-state index >= 15 is 0 Å². The molecule has 0 saturated heterocycles. The average Bonchev–Trinajstić information content (AvgIpc) is 3.51. The van der Waals surface area contributed by atoms with Crippen molar-refractivity contribution in [1.29, 1.82) is 0 Å². The highest BCUT2D eigenvalue weighted by Crippen LogP contribution is 2.41. The highest BCUT2D eigenvalue weighted by atomic mass is 15.2. The van der Waals surface area contributed by atoms with E-state index in [2.05, 4.69) is 121 Å². The standard InChI is InChI=1S/C34H27N3/c1-19(2)32-20(3)13-24(14-21(32)4)25-16-27-26-15-22-9-5-6-10-23(22)17-30(26)37-33(27)31(18-25)36-29-12-8-7-11-28(29)35-34(36)37/h5-19H,1-4H3. The van der Waals surface area contributed by atoms with Gasteiger partial charge in [-0.25, -0.2) is 4.98 Å². The summed E-state index contributed by atoms with van der Waals surface area (Å²) in [6.45, 7) is 9.07. The van der Waals surface area contributed by atoms with Gasteiger partial charge in [0, 0.05) is 10.8 Å². The Balaban J connectivity index is 1.58. The predicted molar refractivity (Wildman–Crippen MR) is 156 cm³/mol. The van der Waals surface area contributed by atoms with Crippen LogP contribution >= 0.6 is 0 Å². The fourth-order valence-electron chi connectivity index (χ4n) is 6.81. The number of aromatic nitrogens is 3. The second kappa shape index (κ2) is 7.10. The van der Waals surface area contributed by atoms with E-state index in [-0.39, 0.29) is 0 Å². The van der Waals surface area contributed by atoms with Crippen molar-refractivity contribution in [2.75, 3.05) is 0 Å². The van der Waals surface area contributed by atoms with Gasteiger partial charge in [0.25, 0.3) is 0 Å². The zero-order valence-electron chi connectivity index (χ0n) is 21.5. The summed E-state index contributed by atoms with van der Waals surface area (Å²) in [4.78, 5) is 5.12. The molecule has 0 N–H and O–H groups in total. The largest absolute Gasteiger partial charge is 0.277 e. The second-order valence-corrected chi connectivity index (χ2v) is 10.9. The summed E-state index contributed by atoms with van der Waals surface area (Å²) in [7, 11) is 0. The average molecular weight is 478 g/mol. The smallest absolute Gasteiger partial charge is 0.220 e. The zero-order chi connectivity index (χ0) is 25.0. The Morgan fingerprint density at radius 2 is 1.30 bits per heavy atom. The van der Waals surface area contributed by atoms with E-state index in [0.717, 1.165) is 16.8 Å². The van der Waals surface area contributed by atoms with Gasteiger partial charge in [-0.3, -0.25) is 8.80 Å². The number of hydrogen-bond donors (Lipinski definition) is 0. The molecule has 0 atom stereocenters. The van der Waals surface area contributed by atoms with E-state index < -0.39 is 0 Å². The zero-order valence-corrected chi connectivity index (χ0v) is 21.5. The number of para-hydroxylation sites is 2. The van der Waals surface area contributed by atoms with Crippen LogP contribution in [0, 0.1) is 13.8 Å². The summed E-state index contributed by atoms with van der Waals surface area (Å²) >= 11 is 0. The van der Waals surface area contributed by atoms with Crippen LogP contribution in [0.2, 0.25) is 0 Å². The molecule has 0 saturated carbocycles. The summed E-state index contributed by atoms with van der Waals surface area (Å²) in [6, 6.07) is 31.3. The van der Waals surface area contributed by atoms with Crippen LogP contribution in [0.3, 0.4) is 0 Å². The van der Waals surface area contributed by atoms with Gasteiger partial charge in [-0.1, -0.05) is 62.4 Å². The molecular weight excluding hydrogens is 450 g/mol. The van der Waals surface area contributed by atoms with Crippen LogP contribution in [0.15, 0.2) is 84.9 Å². The Hall–Kier alpha value is -4.37. The van der Waals surface area contributed by atoms with E-state index in [1.54, 1.807) is 0 Å². The quantitative estimate of drug-likeness (QED) is 0.243. The third kappa shape index (κ3) is 2.69. The monoisotopic (exact) mass is 477 g/mol. The van der Waals surface area contributed by atoms with Crippen molar-refractivity contribution in [3.05, 3.63) is 102 Å². The van der Waals surface area contributed by atoms with Gasteiger partial charge in [0.15, 0.2) is 0 Å². The van der Waals surface area contributed by atoms with Crippen LogP contribution in [0.25, 0.3) is 66.0 Å². The molecule has 37 heavy (non-hydrogen) atoms. The normalized spacial score (nSPS) is 12.6. The summed E-state index contributed by atoms with van der Waals surface area (Å²) in [5, 5.41) is 5.08. The third-order valence-electron chi connectivity index (χ3n) is 8.20. The molecule has 8 rings (SSSR count). The van der Waals surface area contributed by atoms with Gasteiger partial charge in [0.05, 0.1) is 27.6 Å². The number of imidazole rings is 2. The number of aryl methyl sites for hydroxylation is 2. The van der Waals surface area contributed by atoms with Gasteiger partial charge in [-0.15, -0.1) is 0 Å². The molecular formula is C34H27N3. The van der Waals surface area contributed by atoms with E-state index in [1.165, 1.54) is 65.9 Å². The third-order valence-corrected chi connectivity index (χ3v) is 8.20. The fourth-order valence-corrected chi connectivity index (χ4v) is 6.81. The molecule has 0 aliphatic rings. The lowest BCUT2D eigenvalue weighted by Crippen LogP contribution is -1.97. The highest BCUT2D eigenvalue weighted by molar-refractivity contribution is 6.19. The van der Waals surface area contributed by atoms with Gasteiger partial charge >= 0.3 is 0 Å². The molecule has 0 aliphatic carbocycles. The van der Waals surface area contributed by atoms with Crippen LogP contribution in [0.1, 0.15) is 36.5 Å². The van der Waals surface area contributed by atoms with Crippen molar-refractivity contribution in [2.24, 2.45) is 0 Å². The minimum absolute atomic E-state index is 0.514. The minimum atomic E-state index is 0.514. The Labute approximate surface area is 214 Å². The highest BCUT2D eigenvalue weighted by Gasteiger charge is 2.22. The summed E-state index contributed by atoms with van der Waals surface area (Å²) in [5.74, 6) is 1.49. The Morgan fingerprint density at radius 3 is 2.05 bits per heavy atom. The maximum absolute atomic E-state index is 5.12. The molecule has 3 aromatic heterocycles. The Morgan fingerprint density at radius 1 is 0.622 bits per heavy atom. The van der Waals surface area contributed by atoms with E-state index in [9.17, 15) is 0 Å². The molecule has 0 unspecified atom stereocenters. The first-order valence-corrected chi connectivity index (χ1v) is 13.1. The van der Waals surface area contributed by atoms with E-state index in [0.29, 0.717) is 5.92 Å². The molecule has 5 aromatic carbocycles. The fraction of sp³-hybridized carbons (Fsp3) is 0.147. The molecule has 0 fully saturated rings. The summed E-state index contributed by atoms with van der Waals surface area (Å²) < 4.78 is 4.71. The topological polar surface area (TPSA) is 21.7 Å². The van der Waals surface area contributed by atoms with Crippen LogP contribution in [-0.4, -0.2) is 13.8 Å². The van der Waals surface area contributed by atoms with Crippen molar-refractivity contribution in [3.8, 4) is 11.1 Å². The first-order valence-electron chi connectivity index (χ1n) is 13.1. The number of benzene rings is 5. The molecule has 0 bridgehead atoms. The first-order chi connectivity index (χ1) is 18.0. The van der Waals surface area contributed by atoms with Gasteiger partial charge in [-0.2, -0.15) is 0 Å². The van der Waals surface area contributed by atoms with E-state index in [1.807, 2.05) is 0 Å². The predicted octanol–water partition coefficient (Wildman–Crippen LogP) is 9.04. The number of nitrogens with zero attached hydrogens (tertiary/aromatic N) is 3. The van der Waals surface area contributed by atoms with Gasteiger partial charge < -0.3 is 0 Å². The Kier molecular flexibility index (Phi) is 3.99. The number of fused-ring (bicyclic) bond motifs is 9. The molecule has 178 valence electrons. The molecule has 3 heterocycles. The Bertz CT molecular complexity index is 2170. The van der Waals surface area contributed by atoms with Crippen molar-refractivity contribution in [3.63, 3.8) is 0 Å². The number of rotatable bonds is 2. The molecule has 3 heteroatoms. The maximum Gasteiger partial charge on any atom is 0.220 e. The van der Waals surface area contributed by atoms with Crippen molar-refractivity contribution >= 4 is 54.9 Å². The maximum atomic E-state index is 5.12. The second-order valence-electron chi connectivity index (χ2n) is 10.9. The van der Waals surface area contributed by atoms with Crippen molar-refractivity contribution < 1.29 is 0 Å². The lowest BCUT2D eigenvalue weighted by atomic mass is 9.89. The molecule has 8 aromatic rings. The van der Waals surface area contributed by atoms with E-state index in [4.69, 9.17) is 4.98 Å². The van der Waals surface area contributed by atoms with Crippen LogP contribution in [-0.2, 0) is 0 Å². The lowest BCUT2D eigenvalue weighted by molar-refractivity contribution is 0.846. The molecule has 0 amide bonds. The van der Waals surface area contributed by atoms with Crippen molar-refractivity contribution in [1.82, 2.24) is 13.8 Å².